The average molecular weight is 458 g/mol. The van der Waals surface area contributed by atoms with E-state index < -0.39 is 0 Å². The minimum atomic E-state index is -0.109. The summed E-state index contributed by atoms with van der Waals surface area (Å²) in [7, 11) is 1.71. The summed E-state index contributed by atoms with van der Waals surface area (Å²) < 4.78 is 5.55. The Balaban J connectivity index is 1.44. The van der Waals surface area contributed by atoms with Crippen LogP contribution in [-0.2, 0) is 6.42 Å². The average Bonchev–Trinajstić information content (AvgIpc) is 2.83. The molecule has 7 nitrogen and oxygen atoms in total. The molecule has 5 rings (SSSR count). The first kappa shape index (κ1) is 22.2. The SMILES string of the molecule is COc1ccccc1N1CCN(c2nc3c(c(Nc4ccccc4)n2)C(=O)CC(C)(C)C3)CC1. The Bertz CT molecular complexity index is 1190. The number of methoxy groups -OCH3 is 1. The molecule has 176 valence electrons. The van der Waals surface area contributed by atoms with Gasteiger partial charge in [-0.25, -0.2) is 4.98 Å². The van der Waals surface area contributed by atoms with Gasteiger partial charge in [-0.3, -0.25) is 4.79 Å². The third kappa shape index (κ3) is 4.42. The highest BCUT2D eigenvalue weighted by molar-refractivity contribution is 6.03. The Hall–Kier alpha value is -3.61. The van der Waals surface area contributed by atoms with Gasteiger partial charge in [0.1, 0.15) is 11.6 Å². The zero-order valence-electron chi connectivity index (χ0n) is 20.0. The number of hydrogen-bond acceptors (Lipinski definition) is 7. The fraction of sp³-hybridized carbons (Fsp3) is 0.370. The van der Waals surface area contributed by atoms with Crippen LogP contribution in [0.5, 0.6) is 5.75 Å². The number of aromatic nitrogens is 2. The molecule has 0 atom stereocenters. The van der Waals surface area contributed by atoms with Gasteiger partial charge in [-0.1, -0.05) is 44.2 Å². The Kier molecular flexibility index (Phi) is 5.86. The molecule has 34 heavy (non-hydrogen) atoms. The molecular formula is C27H31N5O2. The number of benzene rings is 2. The van der Waals surface area contributed by atoms with Gasteiger partial charge in [0, 0.05) is 38.3 Å². The summed E-state index contributed by atoms with van der Waals surface area (Å²) in [4.78, 5) is 27.5. The number of carbonyl (C=O) groups is 1. The van der Waals surface area contributed by atoms with Crippen molar-refractivity contribution in [2.24, 2.45) is 5.41 Å². The van der Waals surface area contributed by atoms with E-state index in [1.54, 1.807) is 7.11 Å². The van der Waals surface area contributed by atoms with Crippen LogP contribution in [0.4, 0.5) is 23.1 Å². The zero-order chi connectivity index (χ0) is 23.7. The van der Waals surface area contributed by atoms with E-state index in [9.17, 15) is 4.79 Å². The lowest BCUT2D eigenvalue weighted by atomic mass is 9.75. The van der Waals surface area contributed by atoms with Crippen LogP contribution < -0.4 is 19.9 Å². The second-order valence-electron chi connectivity index (χ2n) is 9.77. The number of fused-ring (bicyclic) bond motifs is 1. The molecule has 1 aliphatic carbocycles. The van der Waals surface area contributed by atoms with E-state index in [-0.39, 0.29) is 11.2 Å². The molecule has 2 heterocycles. The molecule has 1 aromatic heterocycles. The minimum absolute atomic E-state index is 0.109. The lowest BCUT2D eigenvalue weighted by Gasteiger charge is -2.37. The molecular weight excluding hydrogens is 426 g/mol. The van der Waals surface area contributed by atoms with Crippen molar-refractivity contribution in [2.75, 3.05) is 48.4 Å². The molecule has 1 N–H and O–H groups in total. The lowest BCUT2D eigenvalue weighted by molar-refractivity contribution is 0.0911. The summed E-state index contributed by atoms with van der Waals surface area (Å²) in [6, 6.07) is 18.0. The van der Waals surface area contributed by atoms with Gasteiger partial charge in [0.2, 0.25) is 5.95 Å². The van der Waals surface area contributed by atoms with Crippen LogP contribution in [0.15, 0.2) is 54.6 Å². The molecule has 1 aliphatic heterocycles. The van der Waals surface area contributed by atoms with Gasteiger partial charge in [0.25, 0.3) is 0 Å². The first-order chi connectivity index (χ1) is 16.4. The number of nitrogens with zero attached hydrogens (tertiary/aromatic N) is 4. The molecule has 0 saturated carbocycles. The van der Waals surface area contributed by atoms with Gasteiger partial charge < -0.3 is 19.9 Å². The maximum atomic E-state index is 13.1. The lowest BCUT2D eigenvalue weighted by Crippen LogP contribution is -2.47. The van der Waals surface area contributed by atoms with E-state index in [1.165, 1.54) is 0 Å². The first-order valence-corrected chi connectivity index (χ1v) is 11.8. The molecule has 0 spiro atoms. The number of para-hydroxylation sites is 3. The molecule has 0 bridgehead atoms. The number of Topliss-reactive ketones (excluding diaryl/α,β-unsaturated/α-hetero) is 1. The quantitative estimate of drug-likeness (QED) is 0.595. The van der Waals surface area contributed by atoms with E-state index in [0.717, 1.165) is 55.4 Å². The monoisotopic (exact) mass is 457 g/mol. The van der Waals surface area contributed by atoms with E-state index in [4.69, 9.17) is 14.7 Å². The number of piperazine rings is 1. The normalized spacial score (nSPS) is 17.3. The first-order valence-electron chi connectivity index (χ1n) is 11.8. The molecule has 2 aliphatic rings. The van der Waals surface area contributed by atoms with Crippen molar-refractivity contribution >= 4 is 28.9 Å². The van der Waals surface area contributed by atoms with E-state index in [1.807, 2.05) is 48.5 Å². The second kappa shape index (κ2) is 8.97. The highest BCUT2D eigenvalue weighted by Crippen LogP contribution is 2.38. The summed E-state index contributed by atoms with van der Waals surface area (Å²) in [5.74, 6) is 2.29. The maximum Gasteiger partial charge on any atom is 0.227 e. The fourth-order valence-corrected chi connectivity index (χ4v) is 4.88. The number of nitrogens with one attached hydrogen (secondary N) is 1. The number of anilines is 4. The molecule has 2 aromatic carbocycles. The predicted octanol–water partition coefficient (Wildman–Crippen LogP) is 4.71. The van der Waals surface area contributed by atoms with Gasteiger partial charge in [0.15, 0.2) is 5.78 Å². The number of ether oxygens (including phenoxy) is 1. The summed E-state index contributed by atoms with van der Waals surface area (Å²) >= 11 is 0. The molecule has 1 fully saturated rings. The van der Waals surface area contributed by atoms with Crippen molar-refractivity contribution in [3.05, 3.63) is 65.9 Å². The Morgan fingerprint density at radius 3 is 2.29 bits per heavy atom. The van der Waals surface area contributed by atoms with Gasteiger partial charge in [0.05, 0.1) is 24.1 Å². The zero-order valence-corrected chi connectivity index (χ0v) is 20.0. The Morgan fingerprint density at radius 2 is 1.56 bits per heavy atom. The second-order valence-corrected chi connectivity index (χ2v) is 9.77. The van der Waals surface area contributed by atoms with Crippen LogP contribution in [0.25, 0.3) is 0 Å². The summed E-state index contributed by atoms with van der Waals surface area (Å²) in [5, 5.41) is 3.39. The van der Waals surface area contributed by atoms with E-state index >= 15 is 0 Å². The van der Waals surface area contributed by atoms with E-state index in [2.05, 4.69) is 35.0 Å². The molecule has 0 amide bonds. The Labute approximate surface area is 200 Å². The Morgan fingerprint density at radius 1 is 0.882 bits per heavy atom. The third-order valence-electron chi connectivity index (χ3n) is 6.56. The number of carbonyl (C=O) groups excluding carboxylic acids is 1. The topological polar surface area (TPSA) is 70.6 Å². The van der Waals surface area contributed by atoms with Gasteiger partial charge >= 0.3 is 0 Å². The predicted molar refractivity (Wildman–Crippen MR) is 136 cm³/mol. The van der Waals surface area contributed by atoms with Crippen molar-refractivity contribution in [1.82, 2.24) is 9.97 Å². The number of rotatable bonds is 5. The summed E-state index contributed by atoms with van der Waals surface area (Å²) in [6.45, 7) is 7.52. The molecule has 1 saturated heterocycles. The van der Waals surface area contributed by atoms with Gasteiger partial charge in [-0.2, -0.15) is 4.98 Å². The number of ketones is 1. The molecule has 7 heteroatoms. The molecule has 0 radical (unpaired) electrons. The standard InChI is InChI=1S/C27H31N5O2/c1-27(2)17-20-24(22(33)18-27)25(28-19-9-5-4-6-10-19)30-26(29-20)32-15-13-31(14-16-32)21-11-7-8-12-23(21)34-3/h4-12H,13-18H2,1-3H3,(H,28,29,30). The van der Waals surface area contributed by atoms with Crippen LogP contribution in [0, 0.1) is 5.41 Å². The van der Waals surface area contributed by atoms with Crippen molar-refractivity contribution < 1.29 is 9.53 Å². The minimum Gasteiger partial charge on any atom is -0.495 e. The van der Waals surface area contributed by atoms with Crippen LogP contribution in [-0.4, -0.2) is 49.0 Å². The largest absolute Gasteiger partial charge is 0.495 e. The van der Waals surface area contributed by atoms with Gasteiger partial charge in [-0.05, 0) is 36.1 Å². The van der Waals surface area contributed by atoms with Crippen LogP contribution in [0.1, 0.15) is 36.3 Å². The number of hydrogen-bond donors (Lipinski definition) is 1. The van der Waals surface area contributed by atoms with Crippen molar-refractivity contribution in [3.8, 4) is 5.75 Å². The summed E-state index contributed by atoms with van der Waals surface area (Å²) in [5.41, 5.74) is 3.39. The van der Waals surface area contributed by atoms with Crippen molar-refractivity contribution in [2.45, 2.75) is 26.7 Å². The van der Waals surface area contributed by atoms with Crippen LogP contribution in [0.3, 0.4) is 0 Å². The molecule has 3 aromatic rings. The summed E-state index contributed by atoms with van der Waals surface area (Å²) in [6.07, 6.45) is 1.26. The third-order valence-corrected chi connectivity index (χ3v) is 6.56. The van der Waals surface area contributed by atoms with Gasteiger partial charge in [-0.15, -0.1) is 0 Å². The fourth-order valence-electron chi connectivity index (χ4n) is 4.88. The highest BCUT2D eigenvalue weighted by Gasteiger charge is 2.35. The smallest absolute Gasteiger partial charge is 0.227 e. The van der Waals surface area contributed by atoms with Crippen LogP contribution >= 0.6 is 0 Å². The van der Waals surface area contributed by atoms with Crippen molar-refractivity contribution in [3.63, 3.8) is 0 Å². The van der Waals surface area contributed by atoms with E-state index in [0.29, 0.717) is 23.8 Å². The maximum absolute atomic E-state index is 13.1. The van der Waals surface area contributed by atoms with Crippen molar-refractivity contribution in [1.29, 1.82) is 0 Å². The van der Waals surface area contributed by atoms with Crippen LogP contribution in [0.2, 0.25) is 0 Å². The molecule has 0 unspecified atom stereocenters. The highest BCUT2D eigenvalue weighted by atomic mass is 16.5.